The van der Waals surface area contributed by atoms with Crippen LogP contribution >= 0.6 is 15.9 Å². The smallest absolute Gasteiger partial charge is 0.410 e. The van der Waals surface area contributed by atoms with E-state index in [2.05, 4.69) is 31.4 Å². The van der Waals surface area contributed by atoms with Crippen LogP contribution in [0.4, 0.5) is 4.79 Å². The summed E-state index contributed by atoms with van der Waals surface area (Å²) >= 11 is 3.28. The van der Waals surface area contributed by atoms with Gasteiger partial charge in [-0.15, -0.1) is 0 Å². The highest BCUT2D eigenvalue weighted by Crippen LogP contribution is 2.20. The molecule has 158 valence electrons. The van der Waals surface area contributed by atoms with Gasteiger partial charge >= 0.3 is 6.09 Å². The summed E-state index contributed by atoms with van der Waals surface area (Å²) < 4.78 is 6.24. The van der Waals surface area contributed by atoms with E-state index in [1.165, 1.54) is 4.90 Å². The Bertz CT molecular complexity index is 967. The highest BCUT2D eigenvalue weighted by molar-refractivity contribution is 9.18. The third kappa shape index (κ3) is 4.89. The Morgan fingerprint density at radius 1 is 1.30 bits per heavy atom. The van der Waals surface area contributed by atoms with Gasteiger partial charge in [-0.1, -0.05) is 23.4 Å². The molecule has 2 aliphatic rings. The zero-order valence-electron chi connectivity index (χ0n) is 16.4. The lowest BCUT2D eigenvalue weighted by Crippen LogP contribution is -2.52. The number of aromatic nitrogens is 1. The SMILES string of the molecule is O=C(NC[C@@H]1CC(Br)=NO1)[C@@H]1CCCCN1C(=O)OCc1cnc2ccccc2c1. The first-order valence-electron chi connectivity index (χ1n) is 10.0. The van der Waals surface area contributed by atoms with E-state index < -0.39 is 12.1 Å². The van der Waals surface area contributed by atoms with Crippen molar-refractivity contribution in [2.45, 2.75) is 44.4 Å². The van der Waals surface area contributed by atoms with Gasteiger partial charge in [-0.2, -0.15) is 0 Å². The number of likely N-dealkylation sites (tertiary alicyclic amines) is 1. The highest BCUT2D eigenvalue weighted by atomic mass is 79.9. The van der Waals surface area contributed by atoms with Crippen molar-refractivity contribution in [2.75, 3.05) is 13.1 Å². The van der Waals surface area contributed by atoms with Crippen LogP contribution in [0.3, 0.4) is 0 Å². The van der Waals surface area contributed by atoms with Crippen molar-refractivity contribution in [2.24, 2.45) is 5.16 Å². The Morgan fingerprint density at radius 3 is 3.00 bits per heavy atom. The molecule has 1 aromatic heterocycles. The van der Waals surface area contributed by atoms with Gasteiger partial charge in [0.25, 0.3) is 0 Å². The van der Waals surface area contributed by atoms with E-state index in [1.54, 1.807) is 6.20 Å². The Kier molecular flexibility index (Phi) is 6.47. The Balaban J connectivity index is 1.33. The number of carbonyl (C=O) groups is 2. The second-order valence-corrected chi connectivity index (χ2v) is 8.36. The van der Waals surface area contributed by atoms with Crippen LogP contribution < -0.4 is 5.32 Å². The van der Waals surface area contributed by atoms with Crippen LogP contribution in [0.15, 0.2) is 41.7 Å². The molecule has 1 fully saturated rings. The van der Waals surface area contributed by atoms with Crippen molar-refractivity contribution in [3.63, 3.8) is 0 Å². The fraction of sp³-hybridized carbons (Fsp3) is 0.429. The number of benzene rings is 1. The van der Waals surface area contributed by atoms with Crippen LogP contribution in [0.5, 0.6) is 0 Å². The maximum atomic E-state index is 12.7. The summed E-state index contributed by atoms with van der Waals surface area (Å²) in [6, 6.07) is 9.20. The van der Waals surface area contributed by atoms with E-state index in [9.17, 15) is 9.59 Å². The minimum absolute atomic E-state index is 0.114. The number of nitrogens with zero attached hydrogens (tertiary/aromatic N) is 3. The number of carbonyl (C=O) groups excluding carboxylic acids is 2. The molecule has 2 aromatic rings. The van der Waals surface area contributed by atoms with Crippen LogP contribution in [0.2, 0.25) is 0 Å². The minimum Gasteiger partial charge on any atom is -0.444 e. The van der Waals surface area contributed by atoms with Crippen LogP contribution in [-0.4, -0.2) is 51.7 Å². The van der Waals surface area contributed by atoms with Crippen LogP contribution in [0.25, 0.3) is 10.9 Å². The maximum absolute atomic E-state index is 12.7. The van der Waals surface area contributed by atoms with Gasteiger partial charge in [0.1, 0.15) is 17.3 Å². The standard InChI is InChI=1S/C21H23BrN4O4/c22-19-10-16(30-25-19)12-24-20(27)18-7-3-4-8-26(18)21(28)29-13-14-9-15-5-1-2-6-17(15)23-11-14/h1-2,5-6,9,11,16,18H,3-4,7-8,10,12-13H2,(H,24,27)/t16-,18-/m0/s1. The number of pyridine rings is 1. The third-order valence-electron chi connectivity index (χ3n) is 5.25. The second-order valence-electron chi connectivity index (χ2n) is 7.44. The lowest BCUT2D eigenvalue weighted by atomic mass is 10.0. The topological polar surface area (TPSA) is 93.1 Å². The number of hydrogen-bond acceptors (Lipinski definition) is 6. The van der Waals surface area contributed by atoms with E-state index in [-0.39, 0.29) is 18.6 Å². The minimum atomic E-state index is -0.535. The average Bonchev–Trinajstić information content (AvgIpc) is 3.20. The molecule has 0 bridgehead atoms. The number of piperidine rings is 1. The molecule has 0 unspecified atom stereocenters. The average molecular weight is 475 g/mol. The molecule has 0 saturated carbocycles. The largest absolute Gasteiger partial charge is 0.444 e. The number of halogens is 1. The second kappa shape index (κ2) is 9.42. The summed E-state index contributed by atoms with van der Waals surface area (Å²) in [5, 5.41) is 7.68. The highest BCUT2D eigenvalue weighted by Gasteiger charge is 2.33. The number of ether oxygens (including phenoxy) is 1. The molecular weight excluding hydrogens is 452 g/mol. The van der Waals surface area contributed by atoms with Crippen LogP contribution in [0.1, 0.15) is 31.2 Å². The molecule has 1 saturated heterocycles. The molecule has 2 amide bonds. The van der Waals surface area contributed by atoms with Gasteiger partial charge in [-0.05, 0) is 47.3 Å². The fourth-order valence-corrected chi connectivity index (χ4v) is 4.13. The lowest BCUT2D eigenvalue weighted by Gasteiger charge is -2.34. The Labute approximate surface area is 182 Å². The van der Waals surface area contributed by atoms with E-state index in [4.69, 9.17) is 9.57 Å². The quantitative estimate of drug-likeness (QED) is 0.716. The van der Waals surface area contributed by atoms with Gasteiger partial charge in [0.15, 0.2) is 6.10 Å². The molecule has 30 heavy (non-hydrogen) atoms. The van der Waals surface area contributed by atoms with Gasteiger partial charge < -0.3 is 14.9 Å². The van der Waals surface area contributed by atoms with E-state index in [0.29, 0.717) is 25.9 Å². The molecule has 1 aromatic carbocycles. The van der Waals surface area contributed by atoms with Crippen molar-refractivity contribution in [3.8, 4) is 0 Å². The van der Waals surface area contributed by atoms with E-state index in [0.717, 1.165) is 33.9 Å². The summed E-state index contributed by atoms with van der Waals surface area (Å²) in [6.45, 7) is 0.962. The van der Waals surface area contributed by atoms with Crippen molar-refractivity contribution in [3.05, 3.63) is 42.1 Å². The summed E-state index contributed by atoms with van der Waals surface area (Å²) in [6.07, 6.45) is 4.02. The number of oxime groups is 1. The number of fused-ring (bicyclic) bond motifs is 1. The monoisotopic (exact) mass is 474 g/mol. The number of hydrogen-bond donors (Lipinski definition) is 1. The molecule has 2 atom stereocenters. The summed E-state index contributed by atoms with van der Waals surface area (Å²) in [5.74, 6) is -0.189. The number of rotatable bonds is 5. The molecule has 0 radical (unpaired) electrons. The van der Waals surface area contributed by atoms with E-state index >= 15 is 0 Å². The van der Waals surface area contributed by atoms with Crippen LogP contribution in [0, 0.1) is 0 Å². The van der Waals surface area contributed by atoms with Gasteiger partial charge in [0.05, 0.1) is 12.1 Å². The van der Waals surface area contributed by atoms with Gasteiger partial charge in [0, 0.05) is 30.1 Å². The summed E-state index contributed by atoms with van der Waals surface area (Å²) in [5.41, 5.74) is 1.70. The Hall–Kier alpha value is -2.68. The third-order valence-corrected chi connectivity index (χ3v) is 5.72. The molecule has 9 heteroatoms. The van der Waals surface area contributed by atoms with E-state index in [1.807, 2.05) is 30.3 Å². The van der Waals surface area contributed by atoms with Crippen molar-refractivity contribution < 1.29 is 19.2 Å². The van der Waals surface area contributed by atoms with Crippen molar-refractivity contribution in [1.82, 2.24) is 15.2 Å². The van der Waals surface area contributed by atoms with Crippen molar-refractivity contribution >= 4 is 43.5 Å². The maximum Gasteiger partial charge on any atom is 0.410 e. The van der Waals surface area contributed by atoms with Crippen molar-refractivity contribution in [1.29, 1.82) is 0 Å². The molecular formula is C21H23BrN4O4. The molecule has 4 rings (SSSR count). The van der Waals surface area contributed by atoms with Gasteiger partial charge in [0.2, 0.25) is 5.91 Å². The summed E-state index contributed by atoms with van der Waals surface area (Å²) in [7, 11) is 0. The molecule has 8 nitrogen and oxygen atoms in total. The zero-order chi connectivity index (χ0) is 20.9. The number of para-hydroxylation sites is 1. The molecule has 1 N–H and O–H groups in total. The molecule has 3 heterocycles. The first-order valence-corrected chi connectivity index (χ1v) is 10.8. The zero-order valence-corrected chi connectivity index (χ0v) is 18.0. The van der Waals surface area contributed by atoms with Gasteiger partial charge in [-0.3, -0.25) is 14.7 Å². The lowest BCUT2D eigenvalue weighted by molar-refractivity contribution is -0.127. The number of amides is 2. The fourth-order valence-electron chi connectivity index (χ4n) is 3.68. The Morgan fingerprint density at radius 2 is 2.17 bits per heavy atom. The predicted molar refractivity (Wildman–Crippen MR) is 115 cm³/mol. The normalized spacial score (nSPS) is 21.1. The van der Waals surface area contributed by atoms with Gasteiger partial charge in [-0.25, -0.2) is 4.79 Å². The molecule has 0 aliphatic carbocycles. The summed E-state index contributed by atoms with van der Waals surface area (Å²) in [4.78, 5) is 36.5. The predicted octanol–water partition coefficient (Wildman–Crippen LogP) is 3.34. The van der Waals surface area contributed by atoms with Crippen LogP contribution in [-0.2, 0) is 21.0 Å². The molecule has 0 spiro atoms. The molecule has 2 aliphatic heterocycles. The first kappa shape index (κ1) is 20.6. The number of nitrogens with one attached hydrogen (secondary N) is 1. The first-order chi connectivity index (χ1) is 14.6.